The summed E-state index contributed by atoms with van der Waals surface area (Å²) in [6.45, 7) is 3.64. The van der Waals surface area contributed by atoms with Crippen LogP contribution in [-0.2, 0) is 0 Å². The molecule has 20 heavy (non-hydrogen) atoms. The lowest BCUT2D eigenvalue weighted by Crippen LogP contribution is -2.13. The number of anilines is 2. The maximum Gasteiger partial charge on any atom is 0.258 e. The molecule has 0 spiro atoms. The number of nitrogens with one attached hydrogen (secondary N) is 2. The quantitative estimate of drug-likeness (QED) is 0.780. The van der Waals surface area contributed by atoms with Crippen molar-refractivity contribution in [1.82, 2.24) is 29.7 Å². The third-order valence-corrected chi connectivity index (χ3v) is 3.11. The van der Waals surface area contributed by atoms with E-state index in [-0.39, 0.29) is 0 Å². The molecule has 0 amide bonds. The molecule has 1 aliphatic rings. The van der Waals surface area contributed by atoms with E-state index < -0.39 is 0 Å². The van der Waals surface area contributed by atoms with Crippen molar-refractivity contribution in [1.29, 1.82) is 0 Å². The van der Waals surface area contributed by atoms with Crippen LogP contribution in [0.25, 0.3) is 5.95 Å². The van der Waals surface area contributed by atoms with Crippen LogP contribution in [0.2, 0.25) is 0 Å². The van der Waals surface area contributed by atoms with Crippen LogP contribution >= 0.6 is 0 Å². The first kappa shape index (κ1) is 12.8. The summed E-state index contributed by atoms with van der Waals surface area (Å²) in [5.74, 6) is 2.46. The zero-order valence-electron chi connectivity index (χ0n) is 11.5. The van der Waals surface area contributed by atoms with Crippen LogP contribution in [0.5, 0.6) is 0 Å². The molecule has 0 saturated heterocycles. The minimum Gasteiger partial charge on any atom is -0.354 e. The maximum absolute atomic E-state index is 4.36. The molecule has 1 fully saturated rings. The summed E-state index contributed by atoms with van der Waals surface area (Å²) >= 11 is 0. The molecular weight excluding hydrogens is 256 g/mol. The highest BCUT2D eigenvalue weighted by Gasteiger charge is 2.20. The summed E-state index contributed by atoms with van der Waals surface area (Å²) in [7, 11) is 0. The molecule has 2 aromatic heterocycles. The van der Waals surface area contributed by atoms with Gasteiger partial charge in [0.05, 0.1) is 0 Å². The van der Waals surface area contributed by atoms with Crippen LogP contribution in [0.4, 0.5) is 11.9 Å². The van der Waals surface area contributed by atoms with Gasteiger partial charge in [-0.15, -0.1) is 0 Å². The van der Waals surface area contributed by atoms with Crippen LogP contribution in [0.15, 0.2) is 12.7 Å². The van der Waals surface area contributed by atoms with Crippen LogP contribution in [0.1, 0.15) is 26.2 Å². The molecule has 2 N–H and O–H groups in total. The lowest BCUT2D eigenvalue weighted by molar-refractivity contribution is 0.748. The van der Waals surface area contributed by atoms with Crippen molar-refractivity contribution in [3.8, 4) is 5.95 Å². The van der Waals surface area contributed by atoms with Gasteiger partial charge in [0, 0.05) is 13.1 Å². The molecule has 3 rings (SSSR count). The second-order valence-electron chi connectivity index (χ2n) is 4.81. The fourth-order valence-corrected chi connectivity index (χ4v) is 1.89. The molecule has 1 aliphatic carbocycles. The fourth-order valence-electron chi connectivity index (χ4n) is 1.89. The zero-order valence-corrected chi connectivity index (χ0v) is 11.5. The van der Waals surface area contributed by atoms with Gasteiger partial charge in [0.15, 0.2) is 0 Å². The predicted molar refractivity (Wildman–Crippen MR) is 74.7 cm³/mol. The summed E-state index contributed by atoms with van der Waals surface area (Å²) < 4.78 is 1.52. The summed E-state index contributed by atoms with van der Waals surface area (Å²) in [5, 5.41) is 10.4. The second kappa shape index (κ2) is 5.81. The lowest BCUT2D eigenvalue weighted by Gasteiger charge is -2.08. The van der Waals surface area contributed by atoms with Gasteiger partial charge >= 0.3 is 0 Å². The zero-order chi connectivity index (χ0) is 13.8. The van der Waals surface area contributed by atoms with E-state index in [0.717, 1.165) is 19.0 Å². The van der Waals surface area contributed by atoms with Crippen molar-refractivity contribution in [2.75, 3.05) is 23.7 Å². The van der Waals surface area contributed by atoms with Crippen LogP contribution < -0.4 is 10.6 Å². The van der Waals surface area contributed by atoms with Crippen molar-refractivity contribution in [2.45, 2.75) is 26.2 Å². The minimum atomic E-state index is 0.461. The van der Waals surface area contributed by atoms with Crippen molar-refractivity contribution in [3.05, 3.63) is 12.7 Å². The molecule has 0 unspecified atom stereocenters. The Balaban J connectivity index is 1.76. The molecule has 1 saturated carbocycles. The second-order valence-corrected chi connectivity index (χ2v) is 4.81. The minimum absolute atomic E-state index is 0.461. The van der Waals surface area contributed by atoms with Crippen molar-refractivity contribution in [3.63, 3.8) is 0 Å². The Labute approximate surface area is 117 Å². The Morgan fingerprint density at radius 3 is 2.65 bits per heavy atom. The van der Waals surface area contributed by atoms with Crippen LogP contribution in [0, 0.1) is 5.92 Å². The fraction of sp³-hybridized carbons (Fsp3) is 0.583. The third kappa shape index (κ3) is 3.19. The molecule has 2 heterocycles. The standard InChI is InChI=1S/C12H18N8/c1-2-14-10-17-11(15-6-5-9-3-4-9)19-12(18-10)20-8-13-7-16-20/h7-9H,2-6H2,1H3,(H2,14,15,17,18,19). The molecule has 0 aliphatic heterocycles. The van der Waals surface area contributed by atoms with E-state index in [1.165, 1.54) is 30.3 Å². The van der Waals surface area contributed by atoms with Gasteiger partial charge in [0.25, 0.3) is 5.95 Å². The molecule has 0 aromatic carbocycles. The molecular formula is C12H18N8. The average Bonchev–Trinajstić information content (AvgIpc) is 3.10. The van der Waals surface area contributed by atoms with E-state index in [2.05, 4.69) is 35.7 Å². The summed E-state index contributed by atoms with van der Waals surface area (Å²) in [6, 6.07) is 0. The van der Waals surface area contributed by atoms with Gasteiger partial charge in [-0.05, 0) is 19.3 Å². The predicted octanol–water partition coefficient (Wildman–Crippen LogP) is 1.10. The first-order chi connectivity index (χ1) is 9.85. The third-order valence-electron chi connectivity index (χ3n) is 3.11. The highest BCUT2D eigenvalue weighted by molar-refractivity contribution is 5.37. The van der Waals surface area contributed by atoms with E-state index >= 15 is 0 Å². The molecule has 0 bridgehead atoms. The first-order valence-corrected chi connectivity index (χ1v) is 6.94. The molecule has 0 radical (unpaired) electrons. The average molecular weight is 274 g/mol. The van der Waals surface area contributed by atoms with Crippen molar-refractivity contribution < 1.29 is 0 Å². The Bertz CT molecular complexity index is 549. The number of hydrogen-bond donors (Lipinski definition) is 2. The van der Waals surface area contributed by atoms with Gasteiger partial charge in [-0.25, -0.2) is 4.98 Å². The maximum atomic E-state index is 4.36. The largest absolute Gasteiger partial charge is 0.354 e. The SMILES string of the molecule is CCNc1nc(NCCC2CC2)nc(-n2cncn2)n1. The van der Waals surface area contributed by atoms with E-state index in [1.807, 2.05) is 6.92 Å². The molecule has 8 heteroatoms. The Morgan fingerprint density at radius 2 is 2.00 bits per heavy atom. The van der Waals surface area contributed by atoms with Gasteiger partial charge in [0.2, 0.25) is 11.9 Å². The van der Waals surface area contributed by atoms with E-state index in [1.54, 1.807) is 6.33 Å². The summed E-state index contributed by atoms with van der Waals surface area (Å²) in [6.07, 6.45) is 6.90. The number of nitrogens with zero attached hydrogens (tertiary/aromatic N) is 6. The number of hydrogen-bond acceptors (Lipinski definition) is 7. The number of aromatic nitrogens is 6. The Hall–Kier alpha value is -2.25. The van der Waals surface area contributed by atoms with Gasteiger partial charge in [-0.2, -0.15) is 24.7 Å². The van der Waals surface area contributed by atoms with Crippen LogP contribution in [0.3, 0.4) is 0 Å². The Kier molecular flexibility index (Phi) is 3.71. The molecule has 106 valence electrons. The van der Waals surface area contributed by atoms with Gasteiger partial charge in [-0.1, -0.05) is 12.8 Å². The van der Waals surface area contributed by atoms with Gasteiger partial charge in [-0.3, -0.25) is 0 Å². The summed E-state index contributed by atoms with van der Waals surface area (Å²) in [5.41, 5.74) is 0. The van der Waals surface area contributed by atoms with Crippen molar-refractivity contribution >= 4 is 11.9 Å². The molecule has 0 atom stereocenters. The highest BCUT2D eigenvalue weighted by Crippen LogP contribution is 2.31. The topological polar surface area (TPSA) is 93.4 Å². The van der Waals surface area contributed by atoms with Gasteiger partial charge in [0.1, 0.15) is 12.7 Å². The van der Waals surface area contributed by atoms with E-state index in [4.69, 9.17) is 0 Å². The normalized spacial score (nSPS) is 14.2. The van der Waals surface area contributed by atoms with Crippen molar-refractivity contribution in [2.24, 2.45) is 5.92 Å². The highest BCUT2D eigenvalue weighted by atomic mass is 15.4. The Morgan fingerprint density at radius 1 is 1.20 bits per heavy atom. The van der Waals surface area contributed by atoms with E-state index in [0.29, 0.717) is 17.8 Å². The molecule has 8 nitrogen and oxygen atoms in total. The van der Waals surface area contributed by atoms with E-state index in [9.17, 15) is 0 Å². The van der Waals surface area contributed by atoms with Crippen LogP contribution in [-0.4, -0.2) is 42.8 Å². The molecule has 2 aromatic rings. The smallest absolute Gasteiger partial charge is 0.258 e. The summed E-state index contributed by atoms with van der Waals surface area (Å²) in [4.78, 5) is 16.9. The lowest BCUT2D eigenvalue weighted by atomic mass is 10.3. The van der Waals surface area contributed by atoms with Gasteiger partial charge < -0.3 is 10.6 Å². The monoisotopic (exact) mass is 274 g/mol. The number of rotatable bonds is 7. The first-order valence-electron chi connectivity index (χ1n) is 6.94.